The Balaban J connectivity index is 1.87. The number of allylic oxidation sites excluding steroid dienone is 1. The van der Waals surface area contributed by atoms with Gasteiger partial charge in [-0.1, -0.05) is 18.6 Å². The fourth-order valence-corrected chi connectivity index (χ4v) is 5.88. The molecule has 1 saturated carbocycles. The highest BCUT2D eigenvalue weighted by molar-refractivity contribution is 5.68. The van der Waals surface area contributed by atoms with E-state index in [9.17, 15) is 14.4 Å². The Kier molecular flexibility index (Phi) is 4.59. The van der Waals surface area contributed by atoms with Crippen molar-refractivity contribution in [3.63, 3.8) is 0 Å². The summed E-state index contributed by atoms with van der Waals surface area (Å²) in [5.41, 5.74) is -1.04. The Hall–Kier alpha value is -1.93. The van der Waals surface area contributed by atoms with Crippen LogP contribution in [-0.2, 0) is 38.1 Å². The van der Waals surface area contributed by atoms with E-state index in [2.05, 4.69) is 6.08 Å². The number of ether oxygens (including phenoxy) is 5. The fourth-order valence-electron chi connectivity index (χ4n) is 5.88. The van der Waals surface area contributed by atoms with Crippen molar-refractivity contribution < 1.29 is 38.1 Å². The van der Waals surface area contributed by atoms with Gasteiger partial charge in [0.25, 0.3) is 0 Å². The van der Waals surface area contributed by atoms with Crippen LogP contribution in [0, 0.1) is 10.8 Å². The number of hydrogen-bond acceptors (Lipinski definition) is 8. The normalized spacial score (nSPS) is 44.5. The molecule has 2 aliphatic heterocycles. The predicted octanol–water partition coefficient (Wildman–Crippen LogP) is 1.70. The molecule has 29 heavy (non-hydrogen) atoms. The van der Waals surface area contributed by atoms with E-state index < -0.39 is 46.7 Å². The van der Waals surface area contributed by atoms with E-state index in [0.29, 0.717) is 13.0 Å². The number of epoxide rings is 1. The molecule has 0 N–H and O–H groups in total. The van der Waals surface area contributed by atoms with Gasteiger partial charge < -0.3 is 23.7 Å². The summed E-state index contributed by atoms with van der Waals surface area (Å²) >= 11 is 0. The molecule has 0 unspecified atom stereocenters. The van der Waals surface area contributed by atoms with Crippen LogP contribution < -0.4 is 0 Å². The average Bonchev–Trinajstić information content (AvgIpc) is 3.40. The lowest BCUT2D eigenvalue weighted by Gasteiger charge is -2.57. The van der Waals surface area contributed by atoms with Crippen molar-refractivity contribution in [2.45, 2.75) is 77.5 Å². The Morgan fingerprint density at radius 2 is 1.79 bits per heavy atom. The molecule has 8 heteroatoms. The van der Waals surface area contributed by atoms with Gasteiger partial charge >= 0.3 is 17.9 Å². The molecule has 0 amide bonds. The molecule has 0 aromatic heterocycles. The van der Waals surface area contributed by atoms with Crippen molar-refractivity contribution >= 4 is 17.9 Å². The third kappa shape index (κ3) is 2.68. The van der Waals surface area contributed by atoms with Crippen molar-refractivity contribution in [1.82, 2.24) is 0 Å². The highest BCUT2D eigenvalue weighted by Gasteiger charge is 2.86. The maximum absolute atomic E-state index is 12.0. The molecule has 0 aromatic rings. The van der Waals surface area contributed by atoms with Crippen LogP contribution in [-0.4, -0.2) is 61.1 Å². The molecule has 4 aliphatic rings. The van der Waals surface area contributed by atoms with Gasteiger partial charge in [0.1, 0.15) is 18.3 Å². The SMILES string of the molecule is CC(=O)OC[C@@]12CCC(C)=C[C@H]1O[C@H]1[C@@H](OC(C)=O)[C@@H](OC(C)=O)[C@]2(C)[C@]12CO2. The molecule has 160 valence electrons. The lowest BCUT2D eigenvalue weighted by atomic mass is 9.51. The molecule has 0 aromatic carbocycles. The van der Waals surface area contributed by atoms with Gasteiger partial charge in [-0.05, 0) is 19.8 Å². The number of rotatable bonds is 4. The first-order valence-corrected chi connectivity index (χ1v) is 10.0. The van der Waals surface area contributed by atoms with Gasteiger partial charge in [-0.3, -0.25) is 14.4 Å². The average molecular weight is 408 g/mol. The molecule has 2 aliphatic carbocycles. The Labute approximate surface area is 169 Å². The third-order valence-corrected chi connectivity index (χ3v) is 7.36. The Morgan fingerprint density at radius 3 is 2.34 bits per heavy atom. The topological polar surface area (TPSA) is 101 Å². The molecule has 2 saturated heterocycles. The fraction of sp³-hybridized carbons (Fsp3) is 0.762. The lowest BCUT2D eigenvalue weighted by molar-refractivity contribution is -0.233. The van der Waals surface area contributed by atoms with Crippen molar-refractivity contribution in [3.05, 3.63) is 11.6 Å². The molecule has 1 spiro atoms. The van der Waals surface area contributed by atoms with Gasteiger partial charge in [0, 0.05) is 26.2 Å². The highest BCUT2D eigenvalue weighted by atomic mass is 16.7. The second-order valence-electron chi connectivity index (χ2n) is 8.91. The zero-order valence-electron chi connectivity index (χ0n) is 17.5. The molecule has 8 nitrogen and oxygen atoms in total. The summed E-state index contributed by atoms with van der Waals surface area (Å²) in [5, 5.41) is 0. The first-order valence-electron chi connectivity index (χ1n) is 10.0. The van der Waals surface area contributed by atoms with Crippen LogP contribution in [0.2, 0.25) is 0 Å². The van der Waals surface area contributed by atoms with E-state index in [1.807, 2.05) is 13.8 Å². The van der Waals surface area contributed by atoms with Gasteiger partial charge in [0.05, 0.1) is 18.1 Å². The number of fused-ring (bicyclic) bond motifs is 2. The molecule has 7 atom stereocenters. The highest BCUT2D eigenvalue weighted by Crippen LogP contribution is 2.72. The van der Waals surface area contributed by atoms with Crippen LogP contribution in [0.25, 0.3) is 0 Å². The lowest BCUT2D eigenvalue weighted by Crippen LogP contribution is -2.66. The van der Waals surface area contributed by atoms with Crippen LogP contribution in [0.15, 0.2) is 11.6 Å². The number of carbonyl (C=O) groups excluding carboxylic acids is 3. The molecular weight excluding hydrogens is 380 g/mol. The summed E-state index contributed by atoms with van der Waals surface area (Å²) in [7, 11) is 0. The summed E-state index contributed by atoms with van der Waals surface area (Å²) in [6.45, 7) is 8.57. The number of carbonyl (C=O) groups is 3. The minimum absolute atomic E-state index is 0.107. The monoisotopic (exact) mass is 408 g/mol. The quantitative estimate of drug-likeness (QED) is 0.300. The van der Waals surface area contributed by atoms with Crippen LogP contribution in [0.4, 0.5) is 0 Å². The van der Waals surface area contributed by atoms with Crippen LogP contribution in [0.5, 0.6) is 0 Å². The van der Waals surface area contributed by atoms with Gasteiger partial charge in [-0.2, -0.15) is 0 Å². The van der Waals surface area contributed by atoms with Crippen molar-refractivity contribution in [3.8, 4) is 0 Å². The standard InChI is InChI=1S/C21H28O8/c1-11-6-7-20(9-25-12(2)22)15(8-11)29-18-16(27-13(3)23)17(28-14(4)24)19(20,5)21(18)10-26-21/h8,15-18H,6-7,9-10H2,1-5H3/t15-,16+,17-,18+,19+,20+,21+/m1/s1. The van der Waals surface area contributed by atoms with E-state index in [-0.39, 0.29) is 18.7 Å². The summed E-state index contributed by atoms with van der Waals surface area (Å²) in [4.78, 5) is 35.6. The van der Waals surface area contributed by atoms with Crippen LogP contribution in [0.3, 0.4) is 0 Å². The smallest absolute Gasteiger partial charge is 0.303 e. The molecule has 2 heterocycles. The second kappa shape index (κ2) is 6.54. The largest absolute Gasteiger partial charge is 0.465 e. The first-order chi connectivity index (χ1) is 13.6. The van der Waals surface area contributed by atoms with Crippen molar-refractivity contribution in [1.29, 1.82) is 0 Å². The summed E-state index contributed by atoms with van der Waals surface area (Å²) < 4.78 is 29.4. The number of hydrogen-bond donors (Lipinski definition) is 0. The summed E-state index contributed by atoms with van der Waals surface area (Å²) in [6, 6.07) is 0. The van der Waals surface area contributed by atoms with E-state index in [0.717, 1.165) is 6.42 Å². The van der Waals surface area contributed by atoms with E-state index in [4.69, 9.17) is 23.7 Å². The minimum Gasteiger partial charge on any atom is -0.465 e. The van der Waals surface area contributed by atoms with Crippen LogP contribution in [0.1, 0.15) is 47.5 Å². The van der Waals surface area contributed by atoms with Crippen LogP contribution >= 0.6 is 0 Å². The Bertz CT molecular complexity index is 784. The van der Waals surface area contributed by atoms with Gasteiger partial charge in [-0.25, -0.2) is 0 Å². The van der Waals surface area contributed by atoms with E-state index in [1.165, 1.54) is 26.3 Å². The van der Waals surface area contributed by atoms with Gasteiger partial charge in [0.2, 0.25) is 0 Å². The summed E-state index contributed by atoms with van der Waals surface area (Å²) in [6.07, 6.45) is 1.00. The molecule has 3 fully saturated rings. The van der Waals surface area contributed by atoms with Crippen molar-refractivity contribution in [2.24, 2.45) is 10.8 Å². The third-order valence-electron chi connectivity index (χ3n) is 7.36. The first kappa shape index (κ1) is 20.3. The Morgan fingerprint density at radius 1 is 1.14 bits per heavy atom. The maximum Gasteiger partial charge on any atom is 0.303 e. The zero-order chi connectivity index (χ0) is 21.2. The molecule has 0 radical (unpaired) electrons. The maximum atomic E-state index is 12.0. The van der Waals surface area contributed by atoms with Crippen molar-refractivity contribution in [2.75, 3.05) is 13.2 Å². The molecule has 4 rings (SSSR count). The van der Waals surface area contributed by atoms with E-state index >= 15 is 0 Å². The molecule has 2 bridgehead atoms. The summed E-state index contributed by atoms with van der Waals surface area (Å²) in [5.74, 6) is -1.34. The van der Waals surface area contributed by atoms with E-state index in [1.54, 1.807) is 0 Å². The van der Waals surface area contributed by atoms with Gasteiger partial charge in [0.15, 0.2) is 12.2 Å². The molecular formula is C21H28O8. The minimum atomic E-state index is -0.794. The zero-order valence-corrected chi connectivity index (χ0v) is 17.5. The predicted molar refractivity (Wildman–Crippen MR) is 98.6 cm³/mol. The second-order valence-corrected chi connectivity index (χ2v) is 8.91. The number of esters is 3. The van der Waals surface area contributed by atoms with Gasteiger partial charge in [-0.15, -0.1) is 0 Å².